The Morgan fingerprint density at radius 1 is 1.46 bits per heavy atom. The van der Waals surface area contributed by atoms with Crippen molar-refractivity contribution in [2.75, 3.05) is 0 Å². The van der Waals surface area contributed by atoms with Gasteiger partial charge in [0.1, 0.15) is 5.82 Å². The number of nitrogens with two attached hydrogens (primary N) is 1. The zero-order chi connectivity index (χ0) is 9.42. The molecule has 13 heavy (non-hydrogen) atoms. The molecule has 0 spiro atoms. The van der Waals surface area contributed by atoms with E-state index in [0.29, 0.717) is 4.47 Å². The number of aromatic nitrogens is 1. The summed E-state index contributed by atoms with van der Waals surface area (Å²) < 4.78 is 13.5. The summed E-state index contributed by atoms with van der Waals surface area (Å²) in [5.41, 5.74) is 0.758. The van der Waals surface area contributed by atoms with Crippen molar-refractivity contribution in [2.24, 2.45) is 5.14 Å². The molecule has 0 aliphatic carbocycles. The largest absolute Gasteiger partial charge is 0.360 e. The first kappa shape index (κ1) is 9.05. The minimum atomic E-state index is -0.275. The van der Waals surface area contributed by atoms with Crippen LogP contribution in [0.2, 0.25) is 0 Å². The van der Waals surface area contributed by atoms with Crippen LogP contribution in [0.1, 0.15) is 0 Å². The number of hydrogen-bond acceptors (Lipinski definition) is 2. The fourth-order valence-corrected chi connectivity index (χ4v) is 1.95. The number of hydrogen-bond donors (Lipinski definition) is 2. The van der Waals surface area contributed by atoms with Gasteiger partial charge in [-0.2, -0.15) is 0 Å². The van der Waals surface area contributed by atoms with E-state index < -0.39 is 0 Å². The molecule has 0 radical (unpaired) electrons. The number of fused-ring (bicyclic) bond motifs is 1. The first-order chi connectivity index (χ1) is 6.22. The van der Waals surface area contributed by atoms with Gasteiger partial charge in [-0.15, -0.1) is 0 Å². The molecule has 0 fully saturated rings. The van der Waals surface area contributed by atoms with Crippen molar-refractivity contribution in [1.82, 2.24) is 4.98 Å². The molecule has 0 atom stereocenters. The maximum atomic E-state index is 13.1. The minimum Gasteiger partial charge on any atom is -0.360 e. The zero-order valence-corrected chi connectivity index (χ0v) is 8.88. The fraction of sp³-hybridized carbons (Fsp3) is 0. The highest BCUT2D eigenvalue weighted by molar-refractivity contribution is 9.10. The lowest BCUT2D eigenvalue weighted by atomic mass is 10.2. The van der Waals surface area contributed by atoms with Gasteiger partial charge in [0.05, 0.1) is 4.47 Å². The Bertz CT molecular complexity index is 455. The second kappa shape index (κ2) is 3.32. The van der Waals surface area contributed by atoms with E-state index in [1.807, 2.05) is 0 Å². The molecule has 2 nitrogen and oxygen atoms in total. The van der Waals surface area contributed by atoms with Gasteiger partial charge in [-0.1, -0.05) is 0 Å². The van der Waals surface area contributed by atoms with Crippen LogP contribution in [0.15, 0.2) is 27.7 Å². The van der Waals surface area contributed by atoms with E-state index in [2.05, 4.69) is 20.9 Å². The summed E-state index contributed by atoms with van der Waals surface area (Å²) in [6.45, 7) is 0. The van der Waals surface area contributed by atoms with Crippen molar-refractivity contribution in [2.45, 2.75) is 4.90 Å². The van der Waals surface area contributed by atoms with E-state index in [1.165, 1.54) is 6.07 Å². The van der Waals surface area contributed by atoms with Crippen molar-refractivity contribution in [1.29, 1.82) is 0 Å². The molecule has 0 aliphatic rings. The molecule has 68 valence electrons. The Morgan fingerprint density at radius 3 is 2.92 bits per heavy atom. The highest BCUT2D eigenvalue weighted by Gasteiger charge is 2.06. The minimum absolute atomic E-state index is 0.275. The van der Waals surface area contributed by atoms with Gasteiger partial charge in [-0.3, -0.25) is 5.14 Å². The van der Waals surface area contributed by atoms with E-state index in [4.69, 9.17) is 5.14 Å². The number of aromatic amines is 1. The molecule has 0 bridgehead atoms. The van der Waals surface area contributed by atoms with E-state index in [-0.39, 0.29) is 5.82 Å². The predicted octanol–water partition coefficient (Wildman–Crippen LogP) is 3.04. The average molecular weight is 261 g/mol. The van der Waals surface area contributed by atoms with Crippen molar-refractivity contribution >= 4 is 38.8 Å². The van der Waals surface area contributed by atoms with E-state index >= 15 is 0 Å². The van der Waals surface area contributed by atoms with Gasteiger partial charge in [-0.05, 0) is 40.0 Å². The molecule has 1 heterocycles. The molecule has 0 saturated heterocycles. The van der Waals surface area contributed by atoms with Crippen LogP contribution < -0.4 is 5.14 Å². The smallest absolute Gasteiger partial charge is 0.139 e. The fourth-order valence-electron chi connectivity index (χ4n) is 1.19. The summed E-state index contributed by atoms with van der Waals surface area (Å²) in [5.74, 6) is -0.275. The van der Waals surface area contributed by atoms with Crippen LogP contribution in [-0.4, -0.2) is 4.98 Å². The van der Waals surface area contributed by atoms with Gasteiger partial charge in [0.15, 0.2) is 0 Å². The van der Waals surface area contributed by atoms with Crippen molar-refractivity contribution in [3.05, 3.63) is 28.6 Å². The molecule has 3 N–H and O–H groups in total. The summed E-state index contributed by atoms with van der Waals surface area (Å²) in [7, 11) is 0. The number of rotatable bonds is 1. The van der Waals surface area contributed by atoms with Crippen molar-refractivity contribution < 1.29 is 4.39 Å². The quantitative estimate of drug-likeness (QED) is 0.775. The SMILES string of the molecule is NSc1c[nH]c2cc(F)c(Br)cc12. The molecule has 0 amide bonds. The zero-order valence-electron chi connectivity index (χ0n) is 6.47. The lowest BCUT2D eigenvalue weighted by Gasteiger charge is -1.96. The molecule has 1 aromatic heterocycles. The average Bonchev–Trinajstić information content (AvgIpc) is 2.48. The Balaban J connectivity index is 2.77. The molecule has 2 aromatic rings. The second-order valence-electron chi connectivity index (χ2n) is 2.58. The Hall–Kier alpha value is -0.520. The first-order valence-corrected chi connectivity index (χ1v) is 5.22. The number of nitrogens with one attached hydrogen (secondary N) is 1. The van der Waals surface area contributed by atoms with Crippen molar-refractivity contribution in [3.8, 4) is 0 Å². The lowest BCUT2D eigenvalue weighted by Crippen LogP contribution is -1.79. The molecule has 0 unspecified atom stereocenters. The van der Waals surface area contributed by atoms with Crippen LogP contribution in [-0.2, 0) is 0 Å². The standard InChI is InChI=1S/C8H6BrFN2S/c9-5-1-4-7(2-6(5)10)12-3-8(4)13-11/h1-3,12H,11H2. The molecular formula is C8H6BrFN2S. The van der Waals surface area contributed by atoms with Gasteiger partial charge >= 0.3 is 0 Å². The Morgan fingerprint density at radius 2 is 2.23 bits per heavy atom. The highest BCUT2D eigenvalue weighted by Crippen LogP contribution is 2.29. The van der Waals surface area contributed by atoms with Crippen molar-refractivity contribution in [3.63, 3.8) is 0 Å². The number of benzene rings is 1. The van der Waals surface area contributed by atoms with Gasteiger partial charge in [0.25, 0.3) is 0 Å². The monoisotopic (exact) mass is 260 g/mol. The summed E-state index contributed by atoms with van der Waals surface area (Å²) in [4.78, 5) is 3.86. The van der Waals surface area contributed by atoms with E-state index in [1.54, 1.807) is 12.3 Å². The van der Waals surface area contributed by atoms with E-state index in [9.17, 15) is 4.39 Å². The van der Waals surface area contributed by atoms with Gasteiger partial charge < -0.3 is 4.98 Å². The predicted molar refractivity (Wildman–Crippen MR) is 56.0 cm³/mol. The summed E-state index contributed by atoms with van der Waals surface area (Å²) in [6, 6.07) is 3.16. The molecule has 2 rings (SSSR count). The maximum absolute atomic E-state index is 13.1. The topological polar surface area (TPSA) is 41.8 Å². The summed E-state index contributed by atoms with van der Waals surface area (Å²) in [5, 5.41) is 6.37. The summed E-state index contributed by atoms with van der Waals surface area (Å²) in [6.07, 6.45) is 1.77. The normalized spacial score (nSPS) is 11.0. The van der Waals surface area contributed by atoms with Crippen LogP contribution in [0.25, 0.3) is 10.9 Å². The first-order valence-electron chi connectivity index (χ1n) is 3.55. The van der Waals surface area contributed by atoms with Crippen LogP contribution in [0.3, 0.4) is 0 Å². The molecule has 0 aliphatic heterocycles. The van der Waals surface area contributed by atoms with Gasteiger partial charge in [-0.25, -0.2) is 4.39 Å². The van der Waals surface area contributed by atoms with Gasteiger partial charge in [0.2, 0.25) is 0 Å². The number of H-pyrrole nitrogens is 1. The summed E-state index contributed by atoms with van der Waals surface area (Å²) >= 11 is 4.27. The van der Waals surface area contributed by atoms with Crippen LogP contribution in [0, 0.1) is 5.82 Å². The third-order valence-electron chi connectivity index (χ3n) is 1.81. The van der Waals surface area contributed by atoms with Crippen LogP contribution >= 0.6 is 27.9 Å². The van der Waals surface area contributed by atoms with E-state index in [0.717, 1.165) is 27.7 Å². The molecule has 5 heteroatoms. The molecule has 1 aromatic carbocycles. The number of halogens is 2. The third kappa shape index (κ3) is 1.47. The Kier molecular flexibility index (Phi) is 2.31. The molecular weight excluding hydrogens is 255 g/mol. The maximum Gasteiger partial charge on any atom is 0.139 e. The second-order valence-corrected chi connectivity index (χ2v) is 4.11. The molecule has 0 saturated carbocycles. The highest BCUT2D eigenvalue weighted by atomic mass is 79.9. The van der Waals surface area contributed by atoms with Gasteiger partial charge in [0, 0.05) is 22.0 Å². The Labute approximate surface area is 87.0 Å². The van der Waals surface area contributed by atoms with Crippen LogP contribution in [0.5, 0.6) is 0 Å². The third-order valence-corrected chi connectivity index (χ3v) is 3.01. The lowest BCUT2D eigenvalue weighted by molar-refractivity contribution is 0.623. The van der Waals surface area contributed by atoms with Crippen LogP contribution in [0.4, 0.5) is 4.39 Å².